The van der Waals surface area contributed by atoms with Crippen molar-refractivity contribution in [2.75, 3.05) is 5.32 Å². The molecule has 0 radical (unpaired) electrons. The number of carbonyl (C=O) groups excluding carboxylic acids is 1. The van der Waals surface area contributed by atoms with E-state index in [9.17, 15) is 4.79 Å². The maximum absolute atomic E-state index is 11.8. The van der Waals surface area contributed by atoms with Crippen molar-refractivity contribution in [3.8, 4) is 0 Å². The van der Waals surface area contributed by atoms with Crippen molar-refractivity contribution in [3.63, 3.8) is 0 Å². The molecule has 2 nitrogen and oxygen atoms in total. The van der Waals surface area contributed by atoms with Gasteiger partial charge >= 0.3 is 0 Å². The molecule has 3 heteroatoms. The summed E-state index contributed by atoms with van der Waals surface area (Å²) in [7, 11) is 0. The first kappa shape index (κ1) is 13.6. The number of hydrogen-bond donors (Lipinski definition) is 1. The van der Waals surface area contributed by atoms with E-state index in [1.165, 1.54) is 5.56 Å². The molecule has 0 aliphatic rings. The molecule has 1 amide bonds. The average Bonchev–Trinajstić information content (AvgIpc) is 2.39. The second-order valence-electron chi connectivity index (χ2n) is 4.54. The lowest BCUT2D eigenvalue weighted by molar-refractivity contribution is -0.116. The van der Waals surface area contributed by atoms with Crippen molar-refractivity contribution in [3.05, 3.63) is 64.7 Å². The van der Waals surface area contributed by atoms with E-state index in [0.717, 1.165) is 11.3 Å². The molecule has 0 aliphatic carbocycles. The fourth-order valence-electron chi connectivity index (χ4n) is 1.81. The Bertz CT molecular complexity index is 563. The average molecular weight is 274 g/mol. The van der Waals surface area contributed by atoms with Crippen molar-refractivity contribution in [1.29, 1.82) is 0 Å². The fourth-order valence-corrected chi connectivity index (χ4v) is 2.02. The normalized spacial score (nSPS) is 10.2. The number of rotatable bonds is 4. The second-order valence-corrected chi connectivity index (χ2v) is 4.98. The van der Waals surface area contributed by atoms with E-state index in [1.54, 1.807) is 0 Å². The monoisotopic (exact) mass is 273 g/mol. The van der Waals surface area contributed by atoms with E-state index in [0.29, 0.717) is 17.9 Å². The van der Waals surface area contributed by atoms with E-state index >= 15 is 0 Å². The molecular weight excluding hydrogens is 258 g/mol. The predicted molar refractivity (Wildman–Crippen MR) is 79.6 cm³/mol. The van der Waals surface area contributed by atoms with Crippen molar-refractivity contribution in [2.45, 2.75) is 19.8 Å². The Morgan fingerprint density at radius 1 is 1.16 bits per heavy atom. The van der Waals surface area contributed by atoms with Gasteiger partial charge in [-0.1, -0.05) is 41.4 Å². The standard InChI is InChI=1S/C16H16ClNO/c1-12-5-8-15(9-6-12)18-16(19)10-7-13-3-2-4-14(17)11-13/h2-6,8-9,11H,7,10H2,1H3,(H,18,19). The highest BCUT2D eigenvalue weighted by molar-refractivity contribution is 6.30. The van der Waals surface area contributed by atoms with Crippen LogP contribution in [0.5, 0.6) is 0 Å². The van der Waals surface area contributed by atoms with Gasteiger partial charge in [-0.25, -0.2) is 0 Å². The molecule has 0 bridgehead atoms. The maximum atomic E-state index is 11.8. The van der Waals surface area contributed by atoms with Crippen molar-refractivity contribution < 1.29 is 4.79 Å². The minimum atomic E-state index is 0.0174. The van der Waals surface area contributed by atoms with Gasteiger partial charge in [0.1, 0.15) is 0 Å². The Labute approximate surface area is 118 Å². The van der Waals surface area contributed by atoms with Gasteiger partial charge in [0.05, 0.1) is 0 Å². The fraction of sp³-hybridized carbons (Fsp3) is 0.188. The van der Waals surface area contributed by atoms with Crippen LogP contribution in [0.25, 0.3) is 0 Å². The molecular formula is C16H16ClNO. The molecule has 1 N–H and O–H groups in total. The number of carbonyl (C=O) groups is 1. The van der Waals surface area contributed by atoms with Crippen molar-refractivity contribution in [2.24, 2.45) is 0 Å². The highest BCUT2D eigenvalue weighted by Gasteiger charge is 2.03. The van der Waals surface area contributed by atoms with Crippen LogP contribution in [0.4, 0.5) is 5.69 Å². The molecule has 2 aromatic rings. The number of hydrogen-bond acceptors (Lipinski definition) is 1. The lowest BCUT2D eigenvalue weighted by Gasteiger charge is -2.06. The molecule has 19 heavy (non-hydrogen) atoms. The van der Waals surface area contributed by atoms with Crippen molar-refractivity contribution in [1.82, 2.24) is 0 Å². The molecule has 0 saturated heterocycles. The molecule has 2 aromatic carbocycles. The van der Waals surface area contributed by atoms with Gasteiger partial charge in [0.15, 0.2) is 0 Å². The zero-order valence-electron chi connectivity index (χ0n) is 10.8. The summed E-state index contributed by atoms with van der Waals surface area (Å²) in [6.45, 7) is 2.02. The predicted octanol–water partition coefficient (Wildman–Crippen LogP) is 4.22. The Morgan fingerprint density at radius 2 is 1.89 bits per heavy atom. The van der Waals surface area contributed by atoms with Crippen LogP contribution < -0.4 is 5.32 Å². The van der Waals surface area contributed by atoms with Crippen LogP contribution in [0, 0.1) is 6.92 Å². The molecule has 0 aliphatic heterocycles. The number of benzene rings is 2. The molecule has 0 unspecified atom stereocenters. The zero-order valence-corrected chi connectivity index (χ0v) is 11.6. The van der Waals surface area contributed by atoms with Gasteiger partial charge < -0.3 is 5.32 Å². The minimum absolute atomic E-state index is 0.0174. The molecule has 0 spiro atoms. The van der Waals surface area contributed by atoms with Gasteiger partial charge in [0.2, 0.25) is 5.91 Å². The first-order valence-corrected chi connectivity index (χ1v) is 6.62. The van der Waals surface area contributed by atoms with Gasteiger partial charge in [-0.05, 0) is 43.2 Å². The van der Waals surface area contributed by atoms with E-state index < -0.39 is 0 Å². The van der Waals surface area contributed by atoms with Crippen LogP contribution >= 0.6 is 11.6 Å². The summed E-state index contributed by atoms with van der Waals surface area (Å²) in [6.07, 6.45) is 1.15. The number of anilines is 1. The molecule has 0 fully saturated rings. The Hall–Kier alpha value is -1.80. The largest absolute Gasteiger partial charge is 0.326 e. The van der Waals surface area contributed by atoms with E-state index in [-0.39, 0.29) is 5.91 Å². The smallest absolute Gasteiger partial charge is 0.224 e. The van der Waals surface area contributed by atoms with Gasteiger partial charge in [-0.15, -0.1) is 0 Å². The number of aryl methyl sites for hydroxylation is 2. The van der Waals surface area contributed by atoms with Crippen LogP contribution in [-0.2, 0) is 11.2 Å². The van der Waals surface area contributed by atoms with Gasteiger partial charge in [0, 0.05) is 17.1 Å². The van der Waals surface area contributed by atoms with E-state index in [2.05, 4.69) is 5.32 Å². The zero-order chi connectivity index (χ0) is 13.7. The summed E-state index contributed by atoms with van der Waals surface area (Å²) >= 11 is 5.90. The van der Waals surface area contributed by atoms with Crippen LogP contribution in [0.1, 0.15) is 17.5 Å². The second kappa shape index (κ2) is 6.39. The third-order valence-corrected chi connectivity index (χ3v) is 3.10. The summed E-state index contributed by atoms with van der Waals surface area (Å²) in [6, 6.07) is 15.4. The van der Waals surface area contributed by atoms with Gasteiger partial charge in [0.25, 0.3) is 0 Å². The topological polar surface area (TPSA) is 29.1 Å². The van der Waals surface area contributed by atoms with Crippen LogP contribution in [0.15, 0.2) is 48.5 Å². The summed E-state index contributed by atoms with van der Waals surface area (Å²) < 4.78 is 0. The number of halogens is 1. The first-order valence-electron chi connectivity index (χ1n) is 6.24. The van der Waals surface area contributed by atoms with Crippen molar-refractivity contribution >= 4 is 23.2 Å². The minimum Gasteiger partial charge on any atom is -0.326 e. The summed E-state index contributed by atoms with van der Waals surface area (Å²) in [5.41, 5.74) is 3.09. The molecule has 0 aromatic heterocycles. The molecule has 0 atom stereocenters. The summed E-state index contributed by atoms with van der Waals surface area (Å²) in [5, 5.41) is 3.59. The third-order valence-electron chi connectivity index (χ3n) is 2.87. The highest BCUT2D eigenvalue weighted by Crippen LogP contribution is 2.13. The first-order chi connectivity index (χ1) is 9.13. The highest BCUT2D eigenvalue weighted by atomic mass is 35.5. The third kappa shape index (κ3) is 4.42. The molecule has 2 rings (SSSR count). The SMILES string of the molecule is Cc1ccc(NC(=O)CCc2cccc(Cl)c2)cc1. The quantitative estimate of drug-likeness (QED) is 0.888. The van der Waals surface area contributed by atoms with Crippen LogP contribution in [0.3, 0.4) is 0 Å². The number of nitrogens with one attached hydrogen (secondary N) is 1. The molecule has 98 valence electrons. The van der Waals surface area contributed by atoms with Gasteiger partial charge in [-0.2, -0.15) is 0 Å². The van der Waals surface area contributed by atoms with Gasteiger partial charge in [-0.3, -0.25) is 4.79 Å². The maximum Gasteiger partial charge on any atom is 0.224 e. The lowest BCUT2D eigenvalue weighted by Crippen LogP contribution is -2.12. The Kier molecular flexibility index (Phi) is 4.58. The summed E-state index contributed by atoms with van der Waals surface area (Å²) in [5.74, 6) is 0.0174. The van der Waals surface area contributed by atoms with E-state index in [4.69, 9.17) is 11.6 Å². The van der Waals surface area contributed by atoms with Crippen LogP contribution in [0.2, 0.25) is 5.02 Å². The Morgan fingerprint density at radius 3 is 2.58 bits per heavy atom. The van der Waals surface area contributed by atoms with Crippen LogP contribution in [-0.4, -0.2) is 5.91 Å². The Balaban J connectivity index is 1.86. The molecule has 0 saturated carbocycles. The lowest BCUT2D eigenvalue weighted by atomic mass is 10.1. The summed E-state index contributed by atoms with van der Waals surface area (Å²) in [4.78, 5) is 11.8. The van der Waals surface area contributed by atoms with E-state index in [1.807, 2.05) is 55.5 Å². The number of amides is 1. The molecule has 0 heterocycles.